The van der Waals surface area contributed by atoms with Crippen molar-refractivity contribution in [3.8, 4) is 0 Å². The Morgan fingerprint density at radius 2 is 1.75 bits per heavy atom. The molecule has 0 saturated carbocycles. The van der Waals surface area contributed by atoms with E-state index in [4.69, 9.17) is 23.2 Å². The quantitative estimate of drug-likeness (QED) is 0.202. The third kappa shape index (κ3) is 0.967. The summed E-state index contributed by atoms with van der Waals surface area (Å²) in [6.45, 7) is 0.876. The standard InChI is InChI=1S/C4H8BNO5S/c1-2(7)3(8,9)4(5,10)6-12(2)11/h6-10H,1H3. The van der Waals surface area contributed by atoms with Crippen LogP contribution in [0.5, 0.6) is 0 Å². The first-order chi connectivity index (χ1) is 5.13. The van der Waals surface area contributed by atoms with Gasteiger partial charge in [-0.25, -0.2) is 8.93 Å². The average Bonchev–Trinajstić information content (AvgIpc) is 1.92. The maximum Gasteiger partial charge on any atom is 0.240 e. The van der Waals surface area contributed by atoms with Crippen molar-refractivity contribution in [2.45, 2.75) is 23.3 Å². The Labute approximate surface area is 72.2 Å². The summed E-state index contributed by atoms with van der Waals surface area (Å²) in [7, 11) is 2.67. The lowest BCUT2D eigenvalue weighted by molar-refractivity contribution is -0.289. The average molecular weight is 193 g/mol. The fraction of sp³-hybridized carbons (Fsp3) is 1.00. The zero-order valence-electron chi connectivity index (χ0n) is 6.18. The van der Waals surface area contributed by atoms with Crippen molar-refractivity contribution in [3.63, 3.8) is 0 Å². The van der Waals surface area contributed by atoms with Crippen LogP contribution in [0, 0.1) is 0 Å². The summed E-state index contributed by atoms with van der Waals surface area (Å²) < 4.78 is 12.6. The molecule has 3 unspecified atom stereocenters. The number of aliphatic hydroxyl groups is 4. The first-order valence-electron chi connectivity index (χ1n) is 3.01. The van der Waals surface area contributed by atoms with Crippen LogP contribution in [-0.4, -0.2) is 48.8 Å². The van der Waals surface area contributed by atoms with Crippen LogP contribution in [0.3, 0.4) is 0 Å². The minimum Gasteiger partial charge on any atom is -0.379 e. The van der Waals surface area contributed by atoms with E-state index in [1.165, 1.54) is 0 Å². The van der Waals surface area contributed by atoms with E-state index in [1.807, 2.05) is 0 Å². The second-order valence-electron chi connectivity index (χ2n) is 2.79. The third-order valence-electron chi connectivity index (χ3n) is 1.79. The first kappa shape index (κ1) is 10.1. The van der Waals surface area contributed by atoms with Gasteiger partial charge in [-0.1, -0.05) is 0 Å². The molecule has 3 atom stereocenters. The molecule has 0 bridgehead atoms. The zero-order valence-corrected chi connectivity index (χ0v) is 7.00. The highest BCUT2D eigenvalue weighted by Crippen LogP contribution is 2.36. The van der Waals surface area contributed by atoms with E-state index in [2.05, 4.69) is 0 Å². The SMILES string of the molecule is [B]C1(O)NS(=O)C(C)(O)C1(O)O. The van der Waals surface area contributed by atoms with E-state index in [1.54, 1.807) is 4.72 Å². The van der Waals surface area contributed by atoms with Crippen LogP contribution < -0.4 is 4.72 Å². The first-order valence-corrected chi connectivity index (χ1v) is 4.16. The van der Waals surface area contributed by atoms with Gasteiger partial charge in [-0.15, -0.1) is 0 Å². The highest BCUT2D eigenvalue weighted by atomic mass is 32.2. The number of nitrogens with one attached hydrogen (secondary N) is 1. The Balaban J connectivity index is 3.19. The minimum absolute atomic E-state index is 0.876. The van der Waals surface area contributed by atoms with Gasteiger partial charge in [-0.05, 0) is 6.92 Å². The summed E-state index contributed by atoms with van der Waals surface area (Å²) in [5.41, 5.74) is -2.69. The molecular weight excluding hydrogens is 185 g/mol. The van der Waals surface area contributed by atoms with Crippen molar-refractivity contribution in [2.24, 2.45) is 0 Å². The molecule has 0 aromatic carbocycles. The topological polar surface area (TPSA) is 110 Å². The lowest BCUT2D eigenvalue weighted by Crippen LogP contribution is -2.63. The van der Waals surface area contributed by atoms with Crippen LogP contribution in [0.4, 0.5) is 0 Å². The molecular formula is C4H8BNO5S. The van der Waals surface area contributed by atoms with E-state index in [0.717, 1.165) is 6.92 Å². The van der Waals surface area contributed by atoms with Crippen LogP contribution in [0.2, 0.25) is 0 Å². The maximum atomic E-state index is 10.9. The van der Waals surface area contributed by atoms with Gasteiger partial charge in [0.15, 0.2) is 0 Å². The summed E-state index contributed by atoms with van der Waals surface area (Å²) in [4.78, 5) is -2.42. The number of hydrogen-bond donors (Lipinski definition) is 5. The molecule has 1 fully saturated rings. The van der Waals surface area contributed by atoms with Crippen molar-refractivity contribution in [1.82, 2.24) is 4.72 Å². The van der Waals surface area contributed by atoms with Gasteiger partial charge in [-0.3, -0.25) is 0 Å². The second kappa shape index (κ2) is 2.28. The van der Waals surface area contributed by atoms with E-state index in [0.29, 0.717) is 0 Å². The summed E-state index contributed by atoms with van der Waals surface area (Å²) in [5.74, 6) is -3.06. The molecule has 68 valence electrons. The Morgan fingerprint density at radius 3 is 1.83 bits per heavy atom. The maximum absolute atomic E-state index is 10.9. The highest BCUT2D eigenvalue weighted by molar-refractivity contribution is 7.84. The van der Waals surface area contributed by atoms with E-state index in [-0.39, 0.29) is 0 Å². The smallest absolute Gasteiger partial charge is 0.240 e. The van der Waals surface area contributed by atoms with Gasteiger partial charge in [0.2, 0.25) is 10.7 Å². The molecule has 1 aliphatic heterocycles. The van der Waals surface area contributed by atoms with E-state index < -0.39 is 27.3 Å². The molecule has 6 nitrogen and oxygen atoms in total. The second-order valence-corrected chi connectivity index (χ2v) is 4.33. The van der Waals surface area contributed by atoms with Crippen LogP contribution in [-0.2, 0) is 11.0 Å². The Hall–Kier alpha value is 0.0149. The summed E-state index contributed by atoms with van der Waals surface area (Å²) in [5, 5.41) is 36.5. The van der Waals surface area contributed by atoms with Crippen LogP contribution in [0.25, 0.3) is 0 Å². The van der Waals surface area contributed by atoms with Gasteiger partial charge in [0, 0.05) is 0 Å². The van der Waals surface area contributed by atoms with Crippen molar-refractivity contribution >= 4 is 18.8 Å². The largest absolute Gasteiger partial charge is 0.379 e. The molecule has 0 aromatic rings. The molecule has 5 N–H and O–H groups in total. The van der Waals surface area contributed by atoms with Gasteiger partial charge in [-0.2, -0.15) is 0 Å². The molecule has 1 heterocycles. The predicted molar refractivity (Wildman–Crippen MR) is 39.8 cm³/mol. The summed E-state index contributed by atoms with van der Waals surface area (Å²) in [6.07, 6.45) is 0. The number of hydrogen-bond acceptors (Lipinski definition) is 5. The fourth-order valence-corrected chi connectivity index (χ4v) is 1.83. The Morgan fingerprint density at radius 1 is 1.33 bits per heavy atom. The lowest BCUT2D eigenvalue weighted by atomic mass is 9.81. The van der Waals surface area contributed by atoms with E-state index >= 15 is 0 Å². The van der Waals surface area contributed by atoms with Crippen molar-refractivity contribution in [3.05, 3.63) is 0 Å². The van der Waals surface area contributed by atoms with Gasteiger partial charge in [0.1, 0.15) is 24.5 Å². The van der Waals surface area contributed by atoms with Crippen molar-refractivity contribution in [2.75, 3.05) is 0 Å². The lowest BCUT2D eigenvalue weighted by Gasteiger charge is -2.34. The molecule has 1 saturated heterocycles. The Bertz CT molecular complexity index is 240. The third-order valence-corrected chi connectivity index (χ3v) is 3.29. The summed E-state index contributed by atoms with van der Waals surface area (Å²) >= 11 is 0. The van der Waals surface area contributed by atoms with Crippen LogP contribution in [0.1, 0.15) is 6.92 Å². The normalized spacial score (nSPS) is 52.6. The molecule has 1 aliphatic rings. The number of rotatable bonds is 0. The molecule has 12 heavy (non-hydrogen) atoms. The molecule has 0 amide bonds. The Kier molecular flexibility index (Phi) is 1.92. The fourth-order valence-electron chi connectivity index (χ4n) is 0.795. The monoisotopic (exact) mass is 193 g/mol. The van der Waals surface area contributed by atoms with Crippen molar-refractivity contribution in [1.29, 1.82) is 0 Å². The van der Waals surface area contributed by atoms with E-state index in [9.17, 15) is 9.32 Å². The highest BCUT2D eigenvalue weighted by Gasteiger charge is 2.66. The molecule has 0 aromatic heterocycles. The molecule has 0 spiro atoms. The van der Waals surface area contributed by atoms with Crippen LogP contribution in [0.15, 0.2) is 0 Å². The molecule has 8 heteroatoms. The molecule has 0 aliphatic carbocycles. The van der Waals surface area contributed by atoms with Gasteiger partial charge >= 0.3 is 0 Å². The van der Waals surface area contributed by atoms with Crippen LogP contribution >= 0.6 is 0 Å². The summed E-state index contributed by atoms with van der Waals surface area (Å²) in [6, 6.07) is 0. The molecule has 2 radical (unpaired) electrons. The van der Waals surface area contributed by atoms with Gasteiger partial charge in [0.05, 0.1) is 0 Å². The van der Waals surface area contributed by atoms with Crippen molar-refractivity contribution < 1.29 is 24.6 Å². The predicted octanol–water partition coefficient (Wildman–Crippen LogP) is -3.54. The molecule has 1 rings (SSSR count). The minimum atomic E-state index is -3.06. The zero-order chi connectivity index (χ0) is 9.78. The van der Waals surface area contributed by atoms with Gasteiger partial charge in [0.25, 0.3) is 0 Å². The van der Waals surface area contributed by atoms with Gasteiger partial charge < -0.3 is 20.4 Å².